The van der Waals surface area contributed by atoms with Crippen LogP contribution >= 0.6 is 0 Å². The van der Waals surface area contributed by atoms with Crippen LogP contribution in [0.15, 0.2) is 108 Å². The summed E-state index contributed by atoms with van der Waals surface area (Å²) in [6.45, 7) is 4.26. The molecule has 5 aromatic rings. The van der Waals surface area contributed by atoms with E-state index in [1.165, 1.54) is 32.8 Å². The minimum Gasteiger partial charge on any atom is -0.282 e. The minimum absolute atomic E-state index is 0.298. The highest BCUT2D eigenvalue weighted by molar-refractivity contribution is 6.12. The van der Waals surface area contributed by atoms with Gasteiger partial charge in [0.25, 0.3) is 0 Å². The Morgan fingerprint density at radius 3 is 2.09 bits per heavy atom. The number of nitrogens with one attached hydrogen (secondary N) is 1. The number of rotatable bonds is 4. The van der Waals surface area contributed by atoms with E-state index in [2.05, 4.69) is 92.7 Å². The number of hydrogen-bond acceptors (Lipinski definition) is 1. The van der Waals surface area contributed by atoms with Crippen molar-refractivity contribution >= 4 is 33.1 Å². The lowest BCUT2D eigenvalue weighted by Crippen LogP contribution is -2.05. The number of nitrogens with zero attached hydrogens (tertiary/aromatic N) is 1. The summed E-state index contributed by atoms with van der Waals surface area (Å²) in [5.41, 5.74) is 6.57. The van der Waals surface area contributed by atoms with Crippen LogP contribution < -0.4 is 0 Å². The molecule has 1 N–H and O–H groups in total. The maximum absolute atomic E-state index is 8.60. The molecule has 33 heavy (non-hydrogen) atoms. The highest BCUT2D eigenvalue weighted by atomic mass is 14.8. The van der Waals surface area contributed by atoms with Gasteiger partial charge in [-0.3, -0.25) is 5.41 Å². The zero-order chi connectivity index (χ0) is 22.8. The van der Waals surface area contributed by atoms with Crippen LogP contribution in [0.1, 0.15) is 30.0 Å². The monoisotopic (exact) mass is 426 g/mol. The van der Waals surface area contributed by atoms with Gasteiger partial charge in [0.15, 0.2) is 5.84 Å². The van der Waals surface area contributed by atoms with Crippen LogP contribution in [-0.2, 0) is 0 Å². The lowest BCUT2D eigenvalue weighted by Gasteiger charge is -2.12. The molecule has 0 fully saturated rings. The maximum atomic E-state index is 8.60. The SMILES string of the molecule is CC/C(=N\C(=N)c1ccc2ccccc2c1)c1ccc(-c2c(C)ccc3ccccc23)cc1. The third kappa shape index (κ3) is 4.08. The summed E-state index contributed by atoms with van der Waals surface area (Å²) in [4.78, 5) is 4.71. The van der Waals surface area contributed by atoms with Crippen molar-refractivity contribution in [2.45, 2.75) is 20.3 Å². The fourth-order valence-corrected chi connectivity index (χ4v) is 4.48. The van der Waals surface area contributed by atoms with Crippen LogP contribution in [0.4, 0.5) is 0 Å². The van der Waals surface area contributed by atoms with E-state index in [0.29, 0.717) is 5.84 Å². The van der Waals surface area contributed by atoms with Crippen LogP contribution in [0.2, 0.25) is 0 Å². The van der Waals surface area contributed by atoms with E-state index in [-0.39, 0.29) is 0 Å². The largest absolute Gasteiger partial charge is 0.282 e. The smallest absolute Gasteiger partial charge is 0.152 e. The molecule has 5 aromatic carbocycles. The minimum atomic E-state index is 0.298. The Labute approximate surface area is 194 Å². The first kappa shape index (κ1) is 20.8. The van der Waals surface area contributed by atoms with Crippen LogP contribution in [0.3, 0.4) is 0 Å². The molecule has 0 aliphatic carbocycles. The third-order valence-corrected chi connectivity index (χ3v) is 6.25. The fraction of sp³-hybridized carbons (Fsp3) is 0.0968. The van der Waals surface area contributed by atoms with E-state index in [1.807, 2.05) is 24.3 Å². The molecule has 2 heteroatoms. The normalized spacial score (nSPS) is 11.8. The second-order valence-corrected chi connectivity index (χ2v) is 8.38. The number of benzene rings is 5. The van der Waals surface area contributed by atoms with Gasteiger partial charge in [-0.25, -0.2) is 4.99 Å². The molecule has 0 unspecified atom stereocenters. The molecule has 0 saturated carbocycles. The average Bonchev–Trinajstić information content (AvgIpc) is 2.87. The van der Waals surface area contributed by atoms with Crippen molar-refractivity contribution < 1.29 is 0 Å². The van der Waals surface area contributed by atoms with Gasteiger partial charge in [-0.2, -0.15) is 0 Å². The zero-order valence-corrected chi connectivity index (χ0v) is 19.0. The van der Waals surface area contributed by atoms with E-state index in [1.54, 1.807) is 0 Å². The molecular weight excluding hydrogens is 400 g/mol. The second kappa shape index (κ2) is 8.84. The first-order valence-corrected chi connectivity index (χ1v) is 11.4. The topological polar surface area (TPSA) is 36.2 Å². The van der Waals surface area contributed by atoms with E-state index in [9.17, 15) is 0 Å². The second-order valence-electron chi connectivity index (χ2n) is 8.38. The summed E-state index contributed by atoms with van der Waals surface area (Å²) < 4.78 is 0. The summed E-state index contributed by atoms with van der Waals surface area (Å²) in [6.07, 6.45) is 0.766. The highest BCUT2D eigenvalue weighted by Crippen LogP contribution is 2.32. The van der Waals surface area contributed by atoms with Crippen molar-refractivity contribution in [2.24, 2.45) is 4.99 Å². The predicted molar refractivity (Wildman–Crippen MR) is 142 cm³/mol. The van der Waals surface area contributed by atoms with Gasteiger partial charge in [-0.1, -0.05) is 104 Å². The lowest BCUT2D eigenvalue weighted by molar-refractivity contribution is 1.26. The van der Waals surface area contributed by atoms with Gasteiger partial charge >= 0.3 is 0 Å². The molecule has 5 rings (SSSR count). The Balaban J connectivity index is 1.48. The lowest BCUT2D eigenvalue weighted by atomic mass is 9.93. The van der Waals surface area contributed by atoms with Gasteiger partial charge in [-0.15, -0.1) is 0 Å². The maximum Gasteiger partial charge on any atom is 0.152 e. The quantitative estimate of drug-likeness (QED) is 0.222. The molecule has 0 bridgehead atoms. The van der Waals surface area contributed by atoms with Gasteiger partial charge in [-0.05, 0) is 63.2 Å². The van der Waals surface area contributed by atoms with Gasteiger partial charge < -0.3 is 0 Å². The molecular formula is C31H26N2. The molecule has 160 valence electrons. The molecule has 0 radical (unpaired) electrons. The Kier molecular flexibility index (Phi) is 5.58. The summed E-state index contributed by atoms with van der Waals surface area (Å²) in [6, 6.07) is 35.8. The van der Waals surface area contributed by atoms with Crippen LogP contribution in [-0.4, -0.2) is 11.5 Å². The first-order valence-electron chi connectivity index (χ1n) is 11.4. The molecule has 0 atom stereocenters. The molecule has 0 heterocycles. The average molecular weight is 427 g/mol. The molecule has 0 aliphatic rings. The standard InChI is InChI=1S/C31H26N2/c1-3-29(33-31(32)27-19-14-22-8-4-5-10-26(22)20-27)24-15-17-25(18-16-24)30-21(2)12-13-23-9-6-7-11-28(23)30/h4-20,32H,3H2,1-2H3/b32-31?,33-29+. The van der Waals surface area contributed by atoms with Crippen molar-refractivity contribution in [2.75, 3.05) is 0 Å². The molecule has 0 saturated heterocycles. The van der Waals surface area contributed by atoms with Crippen molar-refractivity contribution in [1.29, 1.82) is 5.41 Å². The van der Waals surface area contributed by atoms with Crippen LogP contribution in [0, 0.1) is 12.3 Å². The Hall–Kier alpha value is -4.04. The third-order valence-electron chi connectivity index (χ3n) is 6.25. The fourth-order valence-electron chi connectivity index (χ4n) is 4.48. The summed E-state index contributed by atoms with van der Waals surface area (Å²) >= 11 is 0. The number of fused-ring (bicyclic) bond motifs is 2. The Morgan fingerprint density at radius 1 is 0.697 bits per heavy atom. The van der Waals surface area contributed by atoms with E-state index < -0.39 is 0 Å². The highest BCUT2D eigenvalue weighted by Gasteiger charge is 2.10. The number of amidine groups is 1. The zero-order valence-electron chi connectivity index (χ0n) is 19.0. The Bertz CT molecular complexity index is 1510. The number of aliphatic imine (C=N–C) groups is 1. The predicted octanol–water partition coefficient (Wildman–Crippen LogP) is 8.19. The summed E-state index contributed by atoms with van der Waals surface area (Å²) in [5.74, 6) is 0.298. The number of hydrogen-bond donors (Lipinski definition) is 1. The van der Waals surface area contributed by atoms with E-state index in [0.717, 1.165) is 28.6 Å². The first-order chi connectivity index (χ1) is 16.1. The summed E-state index contributed by atoms with van der Waals surface area (Å²) in [7, 11) is 0. The van der Waals surface area contributed by atoms with E-state index in [4.69, 9.17) is 10.4 Å². The van der Waals surface area contributed by atoms with Crippen LogP contribution in [0.5, 0.6) is 0 Å². The molecule has 0 spiro atoms. The molecule has 2 nitrogen and oxygen atoms in total. The van der Waals surface area contributed by atoms with Gasteiger partial charge in [0.2, 0.25) is 0 Å². The van der Waals surface area contributed by atoms with Crippen LogP contribution in [0.25, 0.3) is 32.7 Å². The number of aryl methyl sites for hydroxylation is 1. The molecule has 0 aliphatic heterocycles. The van der Waals surface area contributed by atoms with Crippen molar-refractivity contribution in [3.05, 3.63) is 120 Å². The van der Waals surface area contributed by atoms with E-state index >= 15 is 0 Å². The molecule has 0 aromatic heterocycles. The van der Waals surface area contributed by atoms with Crippen molar-refractivity contribution in [1.82, 2.24) is 0 Å². The summed E-state index contributed by atoms with van der Waals surface area (Å²) in [5, 5.41) is 13.4. The van der Waals surface area contributed by atoms with Crippen molar-refractivity contribution in [3.8, 4) is 11.1 Å². The van der Waals surface area contributed by atoms with Gasteiger partial charge in [0.1, 0.15) is 0 Å². The van der Waals surface area contributed by atoms with Gasteiger partial charge in [0.05, 0.1) is 0 Å². The van der Waals surface area contributed by atoms with Gasteiger partial charge in [0, 0.05) is 11.3 Å². The van der Waals surface area contributed by atoms with Crippen molar-refractivity contribution in [3.63, 3.8) is 0 Å². The Morgan fingerprint density at radius 2 is 1.33 bits per heavy atom. The molecule has 0 amide bonds.